The number of nitrogens with one attached hydrogen (secondary N) is 1. The van der Waals surface area contributed by atoms with E-state index in [1.165, 1.54) is 0 Å². The number of nitrogens with zero attached hydrogens (tertiary/aromatic N) is 2. The van der Waals surface area contributed by atoms with Gasteiger partial charge in [-0.3, -0.25) is 0 Å². The van der Waals surface area contributed by atoms with Gasteiger partial charge in [0.05, 0.1) is 33.7 Å². The number of fused-ring (bicyclic) bond motifs is 6. The van der Waals surface area contributed by atoms with E-state index in [4.69, 9.17) is 4.42 Å². The minimum Gasteiger partial charge on any atom is -0.456 e. The first-order valence-electron chi connectivity index (χ1n) is 13.6. The summed E-state index contributed by atoms with van der Waals surface area (Å²) in [6.07, 6.45) is 0. The highest BCUT2D eigenvalue weighted by Gasteiger charge is 2.19. The molecule has 0 aliphatic carbocycles. The molecule has 4 nitrogen and oxygen atoms in total. The zero-order valence-corrected chi connectivity index (χ0v) is 22.0. The van der Waals surface area contributed by atoms with Crippen LogP contribution in [0.5, 0.6) is 0 Å². The zero-order chi connectivity index (χ0) is 27.3. The van der Waals surface area contributed by atoms with Crippen molar-refractivity contribution >= 4 is 55.1 Å². The van der Waals surface area contributed by atoms with Gasteiger partial charge in [0, 0.05) is 39.2 Å². The lowest BCUT2D eigenvalue weighted by Crippen LogP contribution is -1.98. The molecule has 0 bridgehead atoms. The molecular weight excluding hydrogens is 502 g/mol. The van der Waals surface area contributed by atoms with Gasteiger partial charge in [0.25, 0.3) is 0 Å². The number of nitriles is 1. The number of hydrogen-bond acceptors (Lipinski definition) is 3. The number of hydrogen-bond donors (Lipinski definition) is 1. The highest BCUT2D eigenvalue weighted by Crippen LogP contribution is 2.41. The normalized spacial score (nSPS) is 11.4. The van der Waals surface area contributed by atoms with Crippen LogP contribution >= 0.6 is 0 Å². The molecule has 0 spiro atoms. The van der Waals surface area contributed by atoms with Gasteiger partial charge in [0.2, 0.25) is 0 Å². The van der Waals surface area contributed by atoms with Gasteiger partial charge in [-0.05, 0) is 48.0 Å². The molecule has 4 heteroatoms. The van der Waals surface area contributed by atoms with E-state index < -0.39 is 0 Å². The van der Waals surface area contributed by atoms with E-state index in [1.54, 1.807) is 0 Å². The summed E-state index contributed by atoms with van der Waals surface area (Å²) in [7, 11) is 0. The van der Waals surface area contributed by atoms with E-state index >= 15 is 0 Å². The molecule has 1 N–H and O–H groups in total. The molecule has 2 heterocycles. The molecule has 41 heavy (non-hydrogen) atoms. The lowest BCUT2D eigenvalue weighted by Gasteiger charge is -2.15. The fourth-order valence-electron chi connectivity index (χ4n) is 6.00. The second-order valence-electron chi connectivity index (χ2n) is 10.2. The van der Waals surface area contributed by atoms with Crippen molar-refractivity contribution in [2.75, 3.05) is 5.32 Å². The fraction of sp³-hybridized carbons (Fsp3) is 0. The molecule has 192 valence electrons. The van der Waals surface area contributed by atoms with E-state index in [0.29, 0.717) is 5.56 Å². The first kappa shape index (κ1) is 23.1. The summed E-state index contributed by atoms with van der Waals surface area (Å²) in [5.41, 5.74) is 9.65. The lowest BCUT2D eigenvalue weighted by molar-refractivity contribution is 0.669. The predicted molar refractivity (Wildman–Crippen MR) is 168 cm³/mol. The van der Waals surface area contributed by atoms with Crippen LogP contribution < -0.4 is 5.32 Å². The second-order valence-corrected chi connectivity index (χ2v) is 10.2. The highest BCUT2D eigenvalue weighted by atomic mass is 16.3. The van der Waals surface area contributed by atoms with E-state index in [-0.39, 0.29) is 0 Å². The summed E-state index contributed by atoms with van der Waals surface area (Å²) in [5.74, 6) is 0. The molecule has 8 rings (SSSR count). The van der Waals surface area contributed by atoms with Crippen molar-refractivity contribution in [1.82, 2.24) is 4.57 Å². The molecule has 0 saturated heterocycles. The van der Waals surface area contributed by atoms with Crippen molar-refractivity contribution in [3.63, 3.8) is 0 Å². The smallest absolute Gasteiger partial charge is 0.139 e. The van der Waals surface area contributed by atoms with Gasteiger partial charge in [0.1, 0.15) is 11.2 Å². The molecule has 0 atom stereocenters. The molecule has 0 aliphatic rings. The van der Waals surface area contributed by atoms with Gasteiger partial charge >= 0.3 is 0 Å². The number of benzene rings is 6. The van der Waals surface area contributed by atoms with Crippen LogP contribution in [0.4, 0.5) is 11.4 Å². The summed E-state index contributed by atoms with van der Waals surface area (Å²) in [5, 5.41) is 17.6. The number of anilines is 2. The van der Waals surface area contributed by atoms with Crippen LogP contribution in [0, 0.1) is 11.3 Å². The van der Waals surface area contributed by atoms with Gasteiger partial charge in [0.15, 0.2) is 0 Å². The average molecular weight is 526 g/mol. The standard InChI is InChI=1S/C37H23N3O/c38-23-24-18-19-33-30(20-24)28-13-5-8-16-32(28)40(33)34-21-26(22-36-37(34)29-14-6-9-17-35(29)41-36)39-31-15-7-4-12-27(31)25-10-2-1-3-11-25/h1-22,39H. The van der Waals surface area contributed by atoms with Crippen molar-refractivity contribution < 1.29 is 4.42 Å². The maximum Gasteiger partial charge on any atom is 0.139 e. The van der Waals surface area contributed by atoms with Gasteiger partial charge in [-0.2, -0.15) is 5.26 Å². The minimum absolute atomic E-state index is 0.646. The van der Waals surface area contributed by atoms with Gasteiger partial charge in [-0.1, -0.05) is 84.9 Å². The summed E-state index contributed by atoms with van der Waals surface area (Å²) in [4.78, 5) is 0. The Hall–Kier alpha value is -5.79. The van der Waals surface area contributed by atoms with Crippen LogP contribution in [0.1, 0.15) is 5.56 Å². The molecule has 0 radical (unpaired) electrons. The summed E-state index contributed by atoms with van der Waals surface area (Å²) < 4.78 is 8.74. The Kier molecular flexibility index (Phi) is 5.16. The molecule has 8 aromatic rings. The number of rotatable bonds is 4. The van der Waals surface area contributed by atoms with Crippen molar-refractivity contribution in [2.45, 2.75) is 0 Å². The molecule has 0 amide bonds. The van der Waals surface area contributed by atoms with Crippen LogP contribution in [-0.4, -0.2) is 4.57 Å². The second kappa shape index (κ2) is 9.15. The number of para-hydroxylation sites is 3. The Balaban J connectivity index is 1.42. The first-order chi connectivity index (χ1) is 20.3. The molecular formula is C37H23N3O. The number of furan rings is 1. The van der Waals surface area contributed by atoms with E-state index in [2.05, 4.69) is 107 Å². The summed E-state index contributed by atoms with van der Waals surface area (Å²) in [6.45, 7) is 0. The van der Waals surface area contributed by atoms with Crippen LogP contribution in [0.15, 0.2) is 138 Å². The maximum atomic E-state index is 9.63. The van der Waals surface area contributed by atoms with E-state index in [9.17, 15) is 5.26 Å². The van der Waals surface area contributed by atoms with Crippen molar-refractivity contribution in [1.29, 1.82) is 5.26 Å². The molecule has 0 aliphatic heterocycles. The Morgan fingerprint density at radius 3 is 2.22 bits per heavy atom. The van der Waals surface area contributed by atoms with Gasteiger partial charge in [-0.25, -0.2) is 0 Å². The predicted octanol–water partition coefficient (Wildman–Crippen LogP) is 9.97. The third-order valence-corrected chi connectivity index (χ3v) is 7.79. The Morgan fingerprint density at radius 1 is 0.610 bits per heavy atom. The van der Waals surface area contributed by atoms with E-state index in [0.717, 1.165) is 71.9 Å². The SMILES string of the molecule is N#Cc1ccc2c(c1)c1ccccc1n2-c1cc(Nc2ccccc2-c2ccccc2)cc2oc3ccccc3c12. The Labute approximate surface area is 236 Å². The van der Waals surface area contributed by atoms with Crippen LogP contribution in [0.2, 0.25) is 0 Å². The average Bonchev–Trinajstić information content (AvgIpc) is 3.57. The van der Waals surface area contributed by atoms with Crippen LogP contribution in [0.25, 0.3) is 60.6 Å². The Morgan fingerprint density at radius 2 is 1.34 bits per heavy atom. The number of aromatic nitrogens is 1. The molecule has 2 aromatic heterocycles. The first-order valence-corrected chi connectivity index (χ1v) is 13.6. The summed E-state index contributed by atoms with van der Waals surface area (Å²) in [6, 6.07) is 47.8. The van der Waals surface area contributed by atoms with Crippen LogP contribution in [-0.2, 0) is 0 Å². The van der Waals surface area contributed by atoms with E-state index in [1.807, 2.05) is 42.5 Å². The minimum atomic E-state index is 0.646. The quantitative estimate of drug-likeness (QED) is 0.249. The lowest BCUT2D eigenvalue weighted by atomic mass is 10.0. The topological polar surface area (TPSA) is 53.9 Å². The van der Waals surface area contributed by atoms with Gasteiger partial charge < -0.3 is 14.3 Å². The van der Waals surface area contributed by atoms with Crippen molar-refractivity contribution in [2.24, 2.45) is 0 Å². The zero-order valence-electron chi connectivity index (χ0n) is 22.0. The molecule has 6 aromatic carbocycles. The fourth-order valence-corrected chi connectivity index (χ4v) is 6.00. The third-order valence-electron chi connectivity index (χ3n) is 7.79. The third kappa shape index (κ3) is 3.68. The van der Waals surface area contributed by atoms with Gasteiger partial charge in [-0.15, -0.1) is 0 Å². The maximum absolute atomic E-state index is 9.63. The van der Waals surface area contributed by atoms with Crippen molar-refractivity contribution in [3.05, 3.63) is 139 Å². The summed E-state index contributed by atoms with van der Waals surface area (Å²) >= 11 is 0. The highest BCUT2D eigenvalue weighted by molar-refractivity contribution is 6.15. The molecule has 0 unspecified atom stereocenters. The Bertz CT molecular complexity index is 2300. The molecule has 0 fully saturated rings. The van der Waals surface area contributed by atoms with Crippen molar-refractivity contribution in [3.8, 4) is 22.9 Å². The monoisotopic (exact) mass is 525 g/mol. The largest absolute Gasteiger partial charge is 0.456 e. The van der Waals surface area contributed by atoms with Crippen LogP contribution in [0.3, 0.4) is 0 Å². The molecule has 0 saturated carbocycles.